The minimum absolute atomic E-state index is 0.0135. The fourth-order valence-corrected chi connectivity index (χ4v) is 3.20. The summed E-state index contributed by atoms with van der Waals surface area (Å²) in [5, 5.41) is 12.2. The second-order valence-electron chi connectivity index (χ2n) is 5.45. The van der Waals surface area contributed by atoms with Gasteiger partial charge in [0.05, 0.1) is 11.9 Å². The van der Waals surface area contributed by atoms with Crippen LogP contribution in [0.4, 0.5) is 0 Å². The molecule has 0 radical (unpaired) electrons. The maximum absolute atomic E-state index is 12.2. The third kappa shape index (κ3) is 3.88. The number of hydrogen-bond acceptors (Lipinski definition) is 4. The Morgan fingerprint density at radius 2 is 2.06 bits per heavy atom. The van der Waals surface area contributed by atoms with Gasteiger partial charge in [-0.2, -0.15) is 0 Å². The van der Waals surface area contributed by atoms with E-state index in [0.717, 1.165) is 6.42 Å². The first kappa shape index (κ1) is 15.3. The largest absolute Gasteiger partial charge is 0.480 e. The maximum Gasteiger partial charge on any atom is 0.327 e. The van der Waals surface area contributed by atoms with Crippen LogP contribution in [-0.2, 0) is 9.59 Å². The molecule has 1 aliphatic rings. The van der Waals surface area contributed by atoms with Crippen molar-refractivity contribution in [3.8, 4) is 0 Å². The Morgan fingerprint density at radius 3 is 2.50 bits per heavy atom. The predicted octanol–water partition coefficient (Wildman–Crippen LogP) is 1.14. The molecule has 0 aromatic rings. The predicted molar refractivity (Wildman–Crippen MR) is 72.6 cm³/mol. The molecular weight excluding hydrogens is 252 g/mol. The minimum atomic E-state index is -0.914. The van der Waals surface area contributed by atoms with Crippen molar-refractivity contribution in [1.82, 2.24) is 10.2 Å². The lowest BCUT2D eigenvalue weighted by atomic mass is 10.1. The lowest BCUT2D eigenvalue weighted by Crippen LogP contribution is -2.51. The molecule has 1 rings (SSSR count). The second kappa shape index (κ2) is 5.93. The number of carbonyl (C=O) groups excluding carboxylic acids is 1. The van der Waals surface area contributed by atoms with Gasteiger partial charge in [-0.15, -0.1) is 11.8 Å². The van der Waals surface area contributed by atoms with Gasteiger partial charge in [-0.3, -0.25) is 4.79 Å². The summed E-state index contributed by atoms with van der Waals surface area (Å²) < 4.78 is 0. The zero-order valence-corrected chi connectivity index (χ0v) is 12.2. The van der Waals surface area contributed by atoms with Gasteiger partial charge in [0.15, 0.2) is 0 Å². The van der Waals surface area contributed by atoms with Crippen molar-refractivity contribution in [2.75, 3.05) is 12.3 Å². The van der Waals surface area contributed by atoms with Crippen molar-refractivity contribution in [3.05, 3.63) is 0 Å². The van der Waals surface area contributed by atoms with Crippen molar-refractivity contribution < 1.29 is 14.7 Å². The van der Waals surface area contributed by atoms with E-state index in [9.17, 15) is 9.59 Å². The third-order valence-electron chi connectivity index (χ3n) is 2.78. The molecule has 0 aromatic heterocycles. The average Bonchev–Trinajstić information content (AvgIpc) is 2.68. The Kier molecular flexibility index (Phi) is 5.04. The van der Waals surface area contributed by atoms with Gasteiger partial charge in [0, 0.05) is 11.3 Å². The van der Waals surface area contributed by atoms with Crippen LogP contribution in [0.3, 0.4) is 0 Å². The number of rotatable bonds is 4. The van der Waals surface area contributed by atoms with E-state index in [2.05, 4.69) is 5.32 Å². The zero-order valence-electron chi connectivity index (χ0n) is 11.4. The normalized spacial score (nSPS) is 24.3. The molecule has 2 unspecified atom stereocenters. The van der Waals surface area contributed by atoms with Gasteiger partial charge < -0.3 is 15.3 Å². The number of nitrogens with zero attached hydrogens (tertiary/aromatic N) is 1. The minimum Gasteiger partial charge on any atom is -0.480 e. The van der Waals surface area contributed by atoms with E-state index in [1.165, 1.54) is 4.90 Å². The van der Waals surface area contributed by atoms with Crippen LogP contribution >= 0.6 is 11.8 Å². The quantitative estimate of drug-likeness (QED) is 0.804. The summed E-state index contributed by atoms with van der Waals surface area (Å²) in [7, 11) is 0. The van der Waals surface area contributed by atoms with E-state index in [0.29, 0.717) is 5.75 Å². The van der Waals surface area contributed by atoms with Gasteiger partial charge in [-0.25, -0.2) is 4.79 Å². The SMILES string of the molecule is CCC1SCC(C(=O)O)N1C(=O)CNC(C)(C)C. The molecule has 1 aliphatic heterocycles. The van der Waals surface area contributed by atoms with Crippen molar-refractivity contribution in [2.24, 2.45) is 0 Å². The standard InChI is InChI=1S/C12H22N2O3S/c1-5-10-14(8(7-18-10)11(16)17)9(15)6-13-12(2,3)4/h8,10,13H,5-7H2,1-4H3,(H,16,17). The molecule has 0 saturated carbocycles. The van der Waals surface area contributed by atoms with Gasteiger partial charge in [0.2, 0.25) is 5.91 Å². The van der Waals surface area contributed by atoms with E-state index in [4.69, 9.17) is 5.11 Å². The van der Waals surface area contributed by atoms with Crippen LogP contribution in [0.2, 0.25) is 0 Å². The summed E-state index contributed by atoms with van der Waals surface area (Å²) in [6.45, 7) is 8.09. The number of thioether (sulfide) groups is 1. The highest BCUT2D eigenvalue weighted by Gasteiger charge is 2.40. The van der Waals surface area contributed by atoms with Gasteiger partial charge in [0.1, 0.15) is 6.04 Å². The van der Waals surface area contributed by atoms with E-state index < -0.39 is 12.0 Å². The summed E-state index contributed by atoms with van der Waals surface area (Å²) >= 11 is 1.55. The fourth-order valence-electron chi connectivity index (χ4n) is 1.83. The zero-order chi connectivity index (χ0) is 13.9. The molecule has 2 atom stereocenters. The first-order chi connectivity index (χ1) is 8.26. The van der Waals surface area contributed by atoms with E-state index in [1.807, 2.05) is 27.7 Å². The van der Waals surface area contributed by atoms with E-state index in [1.54, 1.807) is 11.8 Å². The molecule has 1 saturated heterocycles. The Labute approximate surface area is 112 Å². The van der Waals surface area contributed by atoms with Crippen molar-refractivity contribution >= 4 is 23.6 Å². The van der Waals surface area contributed by atoms with Gasteiger partial charge in [0.25, 0.3) is 0 Å². The molecule has 0 aromatic carbocycles. The average molecular weight is 274 g/mol. The van der Waals surface area contributed by atoms with Crippen molar-refractivity contribution in [2.45, 2.75) is 51.1 Å². The van der Waals surface area contributed by atoms with Crippen molar-refractivity contribution in [1.29, 1.82) is 0 Å². The third-order valence-corrected chi connectivity index (χ3v) is 4.24. The number of carboxylic acid groups (broad SMARTS) is 1. The van der Waals surface area contributed by atoms with Crippen LogP contribution in [-0.4, -0.2) is 51.1 Å². The Balaban J connectivity index is 2.69. The molecule has 1 amide bonds. The van der Waals surface area contributed by atoms with Crippen LogP contribution in [0.15, 0.2) is 0 Å². The smallest absolute Gasteiger partial charge is 0.327 e. The first-order valence-electron chi connectivity index (χ1n) is 6.17. The number of amides is 1. The molecule has 0 spiro atoms. The van der Waals surface area contributed by atoms with Crippen LogP contribution in [0.5, 0.6) is 0 Å². The highest BCUT2D eigenvalue weighted by atomic mass is 32.2. The van der Waals surface area contributed by atoms with Crippen LogP contribution in [0.1, 0.15) is 34.1 Å². The second-order valence-corrected chi connectivity index (χ2v) is 6.67. The molecule has 1 fully saturated rings. The van der Waals surface area contributed by atoms with E-state index >= 15 is 0 Å². The van der Waals surface area contributed by atoms with Gasteiger partial charge >= 0.3 is 5.97 Å². The lowest BCUT2D eigenvalue weighted by molar-refractivity contribution is -0.148. The molecule has 2 N–H and O–H groups in total. The van der Waals surface area contributed by atoms with Crippen LogP contribution < -0.4 is 5.32 Å². The number of carboxylic acids is 1. The molecule has 1 heterocycles. The van der Waals surface area contributed by atoms with Gasteiger partial charge in [-0.05, 0) is 27.2 Å². The number of carbonyl (C=O) groups is 2. The molecule has 104 valence electrons. The summed E-state index contributed by atoms with van der Waals surface area (Å²) in [6, 6.07) is -0.686. The fraction of sp³-hybridized carbons (Fsp3) is 0.833. The summed E-state index contributed by atoms with van der Waals surface area (Å²) in [4.78, 5) is 24.8. The molecule has 0 bridgehead atoms. The van der Waals surface area contributed by atoms with Crippen molar-refractivity contribution in [3.63, 3.8) is 0 Å². The Hall–Kier alpha value is -0.750. The van der Waals surface area contributed by atoms with E-state index in [-0.39, 0.29) is 23.4 Å². The Bertz CT molecular complexity index is 328. The highest BCUT2D eigenvalue weighted by Crippen LogP contribution is 2.31. The number of hydrogen-bond donors (Lipinski definition) is 2. The molecule has 0 aliphatic carbocycles. The summed E-state index contributed by atoms with van der Waals surface area (Å²) in [6.07, 6.45) is 0.774. The van der Waals surface area contributed by atoms with Gasteiger partial charge in [-0.1, -0.05) is 6.92 Å². The molecule has 18 heavy (non-hydrogen) atoms. The van der Waals surface area contributed by atoms with Crippen LogP contribution in [0.25, 0.3) is 0 Å². The molecular formula is C12H22N2O3S. The Morgan fingerprint density at radius 1 is 1.44 bits per heavy atom. The highest BCUT2D eigenvalue weighted by molar-refractivity contribution is 8.00. The first-order valence-corrected chi connectivity index (χ1v) is 7.21. The summed E-state index contributed by atoms with van der Waals surface area (Å²) in [5.74, 6) is -0.563. The molecule has 6 heteroatoms. The number of aliphatic carboxylic acids is 1. The monoisotopic (exact) mass is 274 g/mol. The lowest BCUT2D eigenvalue weighted by Gasteiger charge is -2.29. The maximum atomic E-state index is 12.2. The van der Waals surface area contributed by atoms with Crippen LogP contribution in [0, 0.1) is 0 Å². The number of nitrogens with one attached hydrogen (secondary N) is 1. The summed E-state index contributed by atoms with van der Waals surface area (Å²) in [5.41, 5.74) is -0.150. The topological polar surface area (TPSA) is 69.6 Å². The molecule has 5 nitrogen and oxygen atoms in total.